The maximum Gasteiger partial charge on any atom is 0.258 e. The molecule has 0 radical (unpaired) electrons. The quantitative estimate of drug-likeness (QED) is 0.368. The van der Waals surface area contributed by atoms with E-state index in [9.17, 15) is 4.79 Å². The molecule has 3 nitrogen and oxygen atoms in total. The summed E-state index contributed by atoms with van der Waals surface area (Å²) < 4.78 is 1.94. The van der Waals surface area contributed by atoms with Crippen LogP contribution >= 0.6 is 11.8 Å². The van der Waals surface area contributed by atoms with Crippen molar-refractivity contribution in [3.8, 4) is 11.3 Å². The Balaban J connectivity index is 1.96. The number of thioether (sulfide) groups is 1. The van der Waals surface area contributed by atoms with Gasteiger partial charge in [0.05, 0.1) is 11.3 Å². The summed E-state index contributed by atoms with van der Waals surface area (Å²) in [6.45, 7) is 8.91. The zero-order valence-corrected chi connectivity index (χ0v) is 17.9. The van der Waals surface area contributed by atoms with E-state index in [4.69, 9.17) is 4.98 Å². The van der Waals surface area contributed by atoms with Crippen molar-refractivity contribution in [1.29, 1.82) is 0 Å². The summed E-state index contributed by atoms with van der Waals surface area (Å²) >= 11 is 1.64. The fraction of sp³-hybridized carbons (Fsp3) is 0.500. The molecule has 28 heavy (non-hydrogen) atoms. The molecule has 1 aromatic heterocycles. The average molecular weight is 395 g/mol. The molecule has 0 atom stereocenters. The lowest BCUT2D eigenvalue weighted by Crippen LogP contribution is -2.43. The molecule has 0 unspecified atom stereocenters. The van der Waals surface area contributed by atoms with Gasteiger partial charge in [-0.3, -0.25) is 9.36 Å². The molecule has 0 aliphatic heterocycles. The van der Waals surface area contributed by atoms with Gasteiger partial charge in [-0.2, -0.15) is 0 Å². The Labute approximate surface area is 172 Å². The Kier molecular flexibility index (Phi) is 5.50. The van der Waals surface area contributed by atoms with Crippen LogP contribution in [-0.4, -0.2) is 15.3 Å². The highest BCUT2D eigenvalue weighted by atomic mass is 32.2. The first kappa shape index (κ1) is 19.5. The van der Waals surface area contributed by atoms with Gasteiger partial charge in [0.15, 0.2) is 5.16 Å². The van der Waals surface area contributed by atoms with Crippen LogP contribution in [0.2, 0.25) is 0 Å². The van der Waals surface area contributed by atoms with Gasteiger partial charge < -0.3 is 0 Å². The molecule has 2 aliphatic rings. The first-order valence-electron chi connectivity index (χ1n) is 10.6. The first-order valence-corrected chi connectivity index (χ1v) is 11.5. The van der Waals surface area contributed by atoms with Crippen molar-refractivity contribution in [3.05, 3.63) is 57.9 Å². The molecule has 1 spiro atoms. The zero-order chi connectivity index (χ0) is 19.7. The van der Waals surface area contributed by atoms with Crippen molar-refractivity contribution >= 4 is 11.8 Å². The smallest absolute Gasteiger partial charge is 0.258 e. The fourth-order valence-electron chi connectivity index (χ4n) is 4.94. The van der Waals surface area contributed by atoms with E-state index in [0.717, 1.165) is 65.5 Å². The molecular formula is C24H30N2OS. The molecule has 1 saturated carbocycles. The van der Waals surface area contributed by atoms with E-state index in [2.05, 4.69) is 37.8 Å². The molecule has 1 aromatic carbocycles. The predicted octanol–water partition coefficient (Wildman–Crippen LogP) is 5.75. The third-order valence-electron chi connectivity index (χ3n) is 6.17. The molecule has 1 heterocycles. The van der Waals surface area contributed by atoms with E-state index in [1.54, 1.807) is 11.8 Å². The average Bonchev–Trinajstić information content (AvgIpc) is 2.69. The Morgan fingerprint density at radius 2 is 2.00 bits per heavy atom. The van der Waals surface area contributed by atoms with Gasteiger partial charge in [-0.15, -0.1) is 0 Å². The van der Waals surface area contributed by atoms with Crippen molar-refractivity contribution in [2.45, 2.75) is 75.9 Å². The SMILES string of the molecule is C=C(C)CSc1nc2c(c(=O)n1CCC)C1(CCCCC1)Cc1ccccc1-2. The largest absolute Gasteiger partial charge is 0.287 e. The van der Waals surface area contributed by atoms with Crippen LogP contribution in [0.3, 0.4) is 0 Å². The number of nitrogens with zero attached hydrogens (tertiary/aromatic N) is 2. The summed E-state index contributed by atoms with van der Waals surface area (Å²) in [6, 6.07) is 8.57. The Morgan fingerprint density at radius 1 is 1.25 bits per heavy atom. The summed E-state index contributed by atoms with van der Waals surface area (Å²) in [5.41, 5.74) is 5.74. The van der Waals surface area contributed by atoms with Crippen LogP contribution in [0, 0.1) is 0 Å². The molecule has 1 fully saturated rings. The second-order valence-electron chi connectivity index (χ2n) is 8.50. The summed E-state index contributed by atoms with van der Waals surface area (Å²) in [4.78, 5) is 19.0. The topological polar surface area (TPSA) is 34.9 Å². The molecule has 0 N–H and O–H groups in total. The normalized spacial score (nSPS) is 17.2. The van der Waals surface area contributed by atoms with E-state index >= 15 is 0 Å². The van der Waals surface area contributed by atoms with Crippen molar-refractivity contribution in [2.24, 2.45) is 0 Å². The minimum absolute atomic E-state index is 0.0287. The monoisotopic (exact) mass is 394 g/mol. The van der Waals surface area contributed by atoms with Crippen molar-refractivity contribution < 1.29 is 0 Å². The fourth-order valence-corrected chi connectivity index (χ4v) is 5.80. The van der Waals surface area contributed by atoms with Crippen LogP contribution in [0.25, 0.3) is 11.3 Å². The molecule has 2 aromatic rings. The van der Waals surface area contributed by atoms with Crippen molar-refractivity contribution in [1.82, 2.24) is 9.55 Å². The number of hydrogen-bond donors (Lipinski definition) is 0. The Bertz CT molecular complexity index is 954. The van der Waals surface area contributed by atoms with E-state index in [-0.39, 0.29) is 11.0 Å². The number of hydrogen-bond acceptors (Lipinski definition) is 3. The lowest BCUT2D eigenvalue weighted by molar-refractivity contribution is 0.282. The molecular weight excluding hydrogens is 364 g/mol. The van der Waals surface area contributed by atoms with E-state index < -0.39 is 0 Å². The molecule has 2 aliphatic carbocycles. The second-order valence-corrected chi connectivity index (χ2v) is 9.44. The highest BCUT2D eigenvalue weighted by Gasteiger charge is 2.43. The van der Waals surface area contributed by atoms with Crippen LogP contribution in [-0.2, 0) is 18.4 Å². The minimum Gasteiger partial charge on any atom is -0.287 e. The van der Waals surface area contributed by atoms with Crippen LogP contribution in [0.1, 0.15) is 63.5 Å². The van der Waals surface area contributed by atoms with Gasteiger partial charge in [-0.05, 0) is 38.2 Å². The van der Waals surface area contributed by atoms with Crippen LogP contribution in [0.15, 0.2) is 46.4 Å². The number of fused-ring (bicyclic) bond motifs is 4. The Hall–Kier alpha value is -1.81. The summed E-state index contributed by atoms with van der Waals surface area (Å²) in [7, 11) is 0. The second kappa shape index (κ2) is 7.90. The van der Waals surface area contributed by atoms with Crippen molar-refractivity contribution in [3.63, 3.8) is 0 Å². The van der Waals surface area contributed by atoms with Gasteiger partial charge in [0.25, 0.3) is 5.56 Å². The third-order valence-corrected chi connectivity index (χ3v) is 7.38. The molecule has 4 rings (SSSR count). The van der Waals surface area contributed by atoms with Crippen molar-refractivity contribution in [2.75, 3.05) is 5.75 Å². The summed E-state index contributed by atoms with van der Waals surface area (Å²) in [5.74, 6) is 0.793. The standard InChI is InChI=1S/C24H30N2OS/c1-4-14-26-22(27)20-21(25-23(26)28-16-17(2)3)19-11-7-6-10-18(19)15-24(20)12-8-5-9-13-24/h6-7,10-11H,2,4-5,8-9,12-16H2,1,3H3. The van der Waals surface area contributed by atoms with Gasteiger partial charge in [0.2, 0.25) is 0 Å². The van der Waals surface area contributed by atoms with Crippen LogP contribution < -0.4 is 5.56 Å². The predicted molar refractivity (Wildman–Crippen MR) is 118 cm³/mol. The summed E-state index contributed by atoms with van der Waals surface area (Å²) in [5, 5.41) is 0.844. The van der Waals surface area contributed by atoms with Gasteiger partial charge in [0.1, 0.15) is 0 Å². The van der Waals surface area contributed by atoms with Gasteiger partial charge in [-0.1, -0.05) is 74.4 Å². The highest BCUT2D eigenvalue weighted by Crippen LogP contribution is 2.48. The molecule has 0 bridgehead atoms. The maximum absolute atomic E-state index is 13.8. The number of rotatable bonds is 5. The van der Waals surface area contributed by atoms with Crippen LogP contribution in [0.5, 0.6) is 0 Å². The maximum atomic E-state index is 13.8. The van der Waals surface area contributed by atoms with Gasteiger partial charge in [0, 0.05) is 23.3 Å². The lowest BCUT2D eigenvalue weighted by Gasteiger charge is -2.42. The minimum atomic E-state index is -0.0287. The third kappa shape index (κ3) is 3.36. The van der Waals surface area contributed by atoms with E-state index in [1.165, 1.54) is 24.8 Å². The molecule has 0 saturated heterocycles. The van der Waals surface area contributed by atoms with Crippen LogP contribution in [0.4, 0.5) is 0 Å². The van der Waals surface area contributed by atoms with E-state index in [0.29, 0.717) is 0 Å². The highest BCUT2D eigenvalue weighted by molar-refractivity contribution is 7.99. The van der Waals surface area contributed by atoms with E-state index in [1.807, 2.05) is 11.5 Å². The number of benzene rings is 1. The molecule has 0 amide bonds. The first-order chi connectivity index (χ1) is 13.6. The Morgan fingerprint density at radius 3 is 2.71 bits per heavy atom. The lowest BCUT2D eigenvalue weighted by atomic mass is 9.62. The van der Waals surface area contributed by atoms with Gasteiger partial charge in [-0.25, -0.2) is 4.98 Å². The zero-order valence-electron chi connectivity index (χ0n) is 17.1. The summed E-state index contributed by atoms with van der Waals surface area (Å²) in [6.07, 6.45) is 7.83. The van der Waals surface area contributed by atoms with Gasteiger partial charge >= 0.3 is 0 Å². The molecule has 148 valence electrons. The molecule has 4 heteroatoms. The number of aromatic nitrogens is 2.